The van der Waals surface area contributed by atoms with Gasteiger partial charge in [0.25, 0.3) is 0 Å². The van der Waals surface area contributed by atoms with E-state index in [1.807, 2.05) is 57.2 Å². The average Bonchev–Trinajstić information content (AvgIpc) is 3.06. The molecule has 4 rings (SSSR count). The van der Waals surface area contributed by atoms with Crippen LogP contribution in [0.1, 0.15) is 53.3 Å². The van der Waals surface area contributed by atoms with Crippen LogP contribution in [0.25, 0.3) is 21.9 Å². The molecule has 154 valence electrons. The van der Waals surface area contributed by atoms with Crippen LogP contribution in [0.2, 0.25) is 0 Å². The van der Waals surface area contributed by atoms with Gasteiger partial charge in [0, 0.05) is 22.1 Å². The van der Waals surface area contributed by atoms with E-state index in [-0.39, 0.29) is 5.63 Å². The molecule has 5 nitrogen and oxygen atoms in total. The average molecular weight is 403 g/mol. The summed E-state index contributed by atoms with van der Waals surface area (Å²) in [5, 5.41) is 14.9. The molecule has 0 unspecified atom stereocenters. The molecule has 0 saturated heterocycles. The Bertz CT molecular complexity index is 1320. The zero-order valence-electron chi connectivity index (χ0n) is 17.7. The topological polar surface area (TPSA) is 75.9 Å². The minimum atomic E-state index is -0.294. The summed E-state index contributed by atoms with van der Waals surface area (Å²) in [5.74, 6) is 0.458. The second-order valence-corrected chi connectivity index (χ2v) is 7.78. The van der Waals surface area contributed by atoms with Crippen molar-refractivity contribution in [3.05, 3.63) is 80.4 Å². The van der Waals surface area contributed by atoms with E-state index in [0.29, 0.717) is 29.1 Å². The first-order valence-corrected chi connectivity index (χ1v) is 10.2. The van der Waals surface area contributed by atoms with Crippen LogP contribution in [0.4, 0.5) is 0 Å². The maximum absolute atomic E-state index is 12.7. The number of benzene rings is 2. The summed E-state index contributed by atoms with van der Waals surface area (Å²) in [5.41, 5.74) is 5.47. The highest BCUT2D eigenvalue weighted by Gasteiger charge is 2.22. The van der Waals surface area contributed by atoms with Crippen LogP contribution in [0, 0.1) is 20.8 Å². The molecule has 5 heteroatoms. The molecule has 0 amide bonds. The van der Waals surface area contributed by atoms with E-state index in [4.69, 9.17) is 8.83 Å². The monoisotopic (exact) mass is 403 g/mol. The van der Waals surface area contributed by atoms with Gasteiger partial charge in [0.15, 0.2) is 11.5 Å². The van der Waals surface area contributed by atoms with Gasteiger partial charge in [-0.05, 0) is 51.3 Å². The van der Waals surface area contributed by atoms with Gasteiger partial charge in [0.1, 0.15) is 11.2 Å². The van der Waals surface area contributed by atoms with Gasteiger partial charge in [-0.2, -0.15) is 0 Å². The van der Waals surface area contributed by atoms with Crippen LogP contribution in [0.5, 0.6) is 0 Å². The third kappa shape index (κ3) is 3.20. The fraction of sp³-hybridized carbons (Fsp3) is 0.280. The smallest absolute Gasteiger partial charge is 0.339 e. The third-order valence-corrected chi connectivity index (χ3v) is 5.77. The molecule has 0 aliphatic carbocycles. The van der Waals surface area contributed by atoms with Crippen molar-refractivity contribution in [3.63, 3.8) is 0 Å². The van der Waals surface area contributed by atoms with Crippen molar-refractivity contribution in [1.82, 2.24) is 0 Å². The number of unbranched alkanes of at least 4 members (excludes halogenated alkanes) is 1. The lowest BCUT2D eigenvalue weighted by Gasteiger charge is -2.08. The van der Waals surface area contributed by atoms with Crippen LogP contribution < -0.4 is 5.63 Å². The van der Waals surface area contributed by atoms with Gasteiger partial charge < -0.3 is 14.0 Å². The van der Waals surface area contributed by atoms with Crippen molar-refractivity contribution in [2.45, 2.75) is 47.0 Å². The fourth-order valence-corrected chi connectivity index (χ4v) is 3.99. The molecule has 1 N–H and O–H groups in total. The number of hydrogen-bond donors (Lipinski definition) is 1. The molecule has 0 aliphatic rings. The van der Waals surface area contributed by atoms with E-state index in [2.05, 4.69) is 12.1 Å². The normalized spacial score (nSPS) is 12.2. The van der Waals surface area contributed by atoms with Crippen LogP contribution in [-0.4, -0.2) is 10.9 Å². The highest BCUT2D eigenvalue weighted by atomic mass is 16.4. The van der Waals surface area contributed by atoms with E-state index < -0.39 is 0 Å². The van der Waals surface area contributed by atoms with Crippen LogP contribution in [-0.2, 0) is 6.42 Å². The summed E-state index contributed by atoms with van der Waals surface area (Å²) in [4.78, 5) is 12.7. The first kappa shape index (κ1) is 20.0. The van der Waals surface area contributed by atoms with Crippen LogP contribution in [0.3, 0.4) is 0 Å². The van der Waals surface area contributed by atoms with E-state index in [9.17, 15) is 10.0 Å². The number of aryl methyl sites for hydroxylation is 3. The number of nitrogens with zero attached hydrogens (tertiary/aromatic N) is 1. The molecule has 0 fully saturated rings. The molecule has 0 aliphatic heterocycles. The van der Waals surface area contributed by atoms with Crippen molar-refractivity contribution < 1.29 is 14.0 Å². The van der Waals surface area contributed by atoms with Crippen LogP contribution in [0.15, 0.2) is 55.2 Å². The minimum absolute atomic E-state index is 0.294. The number of rotatable bonds is 5. The number of hydrogen-bond acceptors (Lipinski definition) is 5. The van der Waals surface area contributed by atoms with Crippen molar-refractivity contribution in [3.8, 4) is 0 Å². The molecule has 0 atom stereocenters. The van der Waals surface area contributed by atoms with Crippen molar-refractivity contribution in [2.24, 2.45) is 5.16 Å². The summed E-state index contributed by atoms with van der Waals surface area (Å²) < 4.78 is 11.9. The molecule has 4 aromatic rings. The summed E-state index contributed by atoms with van der Waals surface area (Å²) >= 11 is 0. The molecular weight excluding hydrogens is 378 g/mol. The van der Waals surface area contributed by atoms with E-state index in [1.165, 1.54) is 0 Å². The Kier molecular flexibility index (Phi) is 5.20. The summed E-state index contributed by atoms with van der Waals surface area (Å²) in [6, 6.07) is 11.5. The predicted molar refractivity (Wildman–Crippen MR) is 119 cm³/mol. The lowest BCUT2D eigenvalue weighted by atomic mass is 9.98. The first-order valence-electron chi connectivity index (χ1n) is 10.2. The number of oxime groups is 1. The Labute approximate surface area is 174 Å². The minimum Gasteiger partial charge on any atom is -0.454 e. The van der Waals surface area contributed by atoms with Gasteiger partial charge in [0.05, 0.1) is 5.39 Å². The van der Waals surface area contributed by atoms with Crippen molar-refractivity contribution in [1.29, 1.82) is 0 Å². The van der Waals surface area contributed by atoms with Gasteiger partial charge >= 0.3 is 5.63 Å². The molecule has 0 radical (unpaired) electrons. The molecule has 0 bridgehead atoms. The Balaban J connectivity index is 1.95. The van der Waals surface area contributed by atoms with Gasteiger partial charge in [-0.3, -0.25) is 0 Å². The zero-order valence-corrected chi connectivity index (χ0v) is 17.7. The quantitative estimate of drug-likeness (QED) is 0.191. The lowest BCUT2D eigenvalue weighted by Crippen LogP contribution is -2.10. The zero-order chi connectivity index (χ0) is 21.4. The molecule has 0 spiro atoms. The predicted octanol–water partition coefficient (Wildman–Crippen LogP) is 6.03. The standard InChI is InChI=1S/C25H25NO4/c1-5-6-7-19-15(3)18-12-13-20-21(24(18)30-25(19)27)16(4)23(29-20)22(26-28)17-10-8-14(2)9-11-17/h8-13,28H,5-7H2,1-4H3/b26-22-. The molecule has 2 aromatic heterocycles. The number of furan rings is 1. The molecule has 2 aromatic carbocycles. The summed E-state index contributed by atoms with van der Waals surface area (Å²) in [6.45, 7) is 7.96. The highest BCUT2D eigenvalue weighted by Crippen LogP contribution is 2.34. The summed E-state index contributed by atoms with van der Waals surface area (Å²) in [7, 11) is 0. The Hall–Kier alpha value is -3.34. The Morgan fingerprint density at radius 3 is 2.40 bits per heavy atom. The maximum Gasteiger partial charge on any atom is 0.339 e. The third-order valence-electron chi connectivity index (χ3n) is 5.77. The van der Waals surface area contributed by atoms with E-state index >= 15 is 0 Å². The van der Waals surface area contributed by atoms with Gasteiger partial charge in [-0.15, -0.1) is 0 Å². The highest BCUT2D eigenvalue weighted by molar-refractivity contribution is 6.16. The van der Waals surface area contributed by atoms with Gasteiger partial charge in [-0.1, -0.05) is 48.3 Å². The largest absolute Gasteiger partial charge is 0.454 e. The fourth-order valence-electron chi connectivity index (χ4n) is 3.99. The first-order chi connectivity index (χ1) is 14.5. The van der Waals surface area contributed by atoms with E-state index in [0.717, 1.165) is 51.4 Å². The second kappa shape index (κ2) is 7.82. The molecule has 30 heavy (non-hydrogen) atoms. The number of fused-ring (bicyclic) bond motifs is 3. The van der Waals surface area contributed by atoms with E-state index in [1.54, 1.807) is 0 Å². The second-order valence-electron chi connectivity index (χ2n) is 7.78. The van der Waals surface area contributed by atoms with Crippen molar-refractivity contribution >= 4 is 27.7 Å². The Morgan fingerprint density at radius 2 is 1.73 bits per heavy atom. The molecular formula is C25H25NO4. The molecule has 0 saturated carbocycles. The van der Waals surface area contributed by atoms with Crippen molar-refractivity contribution in [2.75, 3.05) is 0 Å². The van der Waals surface area contributed by atoms with Crippen LogP contribution >= 0.6 is 0 Å². The molecule has 2 heterocycles. The Morgan fingerprint density at radius 1 is 1.00 bits per heavy atom. The van der Waals surface area contributed by atoms with Gasteiger partial charge in [-0.25, -0.2) is 4.79 Å². The maximum atomic E-state index is 12.7. The summed E-state index contributed by atoms with van der Waals surface area (Å²) in [6.07, 6.45) is 2.67. The van der Waals surface area contributed by atoms with Gasteiger partial charge in [0.2, 0.25) is 0 Å². The SMILES string of the molecule is CCCCc1c(C)c2ccc3oc(/C(=N\O)c4ccc(C)cc4)c(C)c3c2oc1=O. The lowest BCUT2D eigenvalue weighted by molar-refractivity contribution is 0.318.